The number of benzene rings is 1. The van der Waals surface area contributed by atoms with Crippen LogP contribution in [0.25, 0.3) is 10.1 Å². The fraction of sp³-hybridized carbons (Fsp3) is 0.467. The van der Waals surface area contributed by atoms with E-state index in [0.717, 1.165) is 5.92 Å². The zero-order valence-corrected chi connectivity index (χ0v) is 11.4. The van der Waals surface area contributed by atoms with Crippen LogP contribution in [-0.2, 0) is 0 Å². The summed E-state index contributed by atoms with van der Waals surface area (Å²) in [6, 6.07) is 4.52. The van der Waals surface area contributed by atoms with Crippen LogP contribution in [0.5, 0.6) is 0 Å². The maximum atomic E-state index is 3.45. The molecule has 1 fully saturated rings. The molecular weight excluding hydrogens is 226 g/mol. The van der Waals surface area contributed by atoms with Gasteiger partial charge in [-0.05, 0) is 73.2 Å². The maximum absolute atomic E-state index is 3.45. The van der Waals surface area contributed by atoms with E-state index in [-0.39, 0.29) is 0 Å². The van der Waals surface area contributed by atoms with Crippen LogP contribution in [-0.4, -0.2) is 13.1 Å². The summed E-state index contributed by atoms with van der Waals surface area (Å²) in [6.45, 7) is 6.82. The Hall–Kier alpha value is -0.860. The summed E-state index contributed by atoms with van der Waals surface area (Å²) >= 11 is 1.93. The molecule has 1 aromatic carbocycles. The fourth-order valence-electron chi connectivity index (χ4n) is 2.91. The van der Waals surface area contributed by atoms with Crippen molar-refractivity contribution >= 4 is 21.4 Å². The lowest BCUT2D eigenvalue weighted by Gasteiger charge is -2.22. The molecule has 2 heteroatoms. The summed E-state index contributed by atoms with van der Waals surface area (Å²) in [7, 11) is 0. The van der Waals surface area contributed by atoms with Crippen LogP contribution in [0.15, 0.2) is 17.5 Å². The first-order valence-corrected chi connectivity index (χ1v) is 7.33. The van der Waals surface area contributed by atoms with Crippen LogP contribution in [0.1, 0.15) is 35.4 Å². The molecule has 1 aromatic heterocycles. The van der Waals surface area contributed by atoms with Crippen LogP contribution >= 0.6 is 11.3 Å². The number of hydrogen-bond donors (Lipinski definition) is 1. The quantitative estimate of drug-likeness (QED) is 0.801. The van der Waals surface area contributed by atoms with Crippen molar-refractivity contribution in [1.82, 2.24) is 5.32 Å². The first-order valence-electron chi connectivity index (χ1n) is 6.45. The van der Waals surface area contributed by atoms with Gasteiger partial charge in [-0.2, -0.15) is 0 Å². The number of thiophene rings is 1. The number of aryl methyl sites for hydroxylation is 2. The van der Waals surface area contributed by atoms with Crippen molar-refractivity contribution in [1.29, 1.82) is 0 Å². The van der Waals surface area contributed by atoms with Crippen molar-refractivity contribution < 1.29 is 0 Å². The first kappa shape index (κ1) is 11.2. The Morgan fingerprint density at radius 3 is 2.59 bits per heavy atom. The molecule has 0 saturated carbocycles. The van der Waals surface area contributed by atoms with Crippen LogP contribution < -0.4 is 5.32 Å². The van der Waals surface area contributed by atoms with E-state index in [1.165, 1.54) is 41.8 Å². The van der Waals surface area contributed by atoms with Gasteiger partial charge in [0.1, 0.15) is 0 Å². The Balaban J connectivity index is 2.13. The van der Waals surface area contributed by atoms with E-state index in [4.69, 9.17) is 0 Å². The normalized spacial score (nSPS) is 17.8. The summed E-state index contributed by atoms with van der Waals surface area (Å²) in [6.07, 6.45) is 2.58. The standard InChI is InChI=1S/C15H19NS/c1-10-3-4-11(2)15-14(10)13(9-17-15)12-5-7-16-8-6-12/h3-4,9,12,16H,5-8H2,1-2H3. The summed E-state index contributed by atoms with van der Waals surface area (Å²) < 4.78 is 1.50. The summed E-state index contributed by atoms with van der Waals surface area (Å²) in [4.78, 5) is 0. The van der Waals surface area contributed by atoms with Crippen molar-refractivity contribution in [3.8, 4) is 0 Å². The van der Waals surface area contributed by atoms with Gasteiger partial charge in [0.25, 0.3) is 0 Å². The van der Waals surface area contributed by atoms with Crippen LogP contribution in [0.3, 0.4) is 0 Å². The smallest absolute Gasteiger partial charge is 0.0377 e. The Morgan fingerprint density at radius 1 is 1.12 bits per heavy atom. The van der Waals surface area contributed by atoms with Gasteiger partial charge in [0.15, 0.2) is 0 Å². The zero-order chi connectivity index (χ0) is 11.8. The van der Waals surface area contributed by atoms with Gasteiger partial charge in [-0.15, -0.1) is 11.3 Å². The third kappa shape index (κ3) is 1.90. The minimum Gasteiger partial charge on any atom is -0.317 e. The SMILES string of the molecule is Cc1ccc(C)c2c(C3CCNCC3)csc12. The van der Waals surface area contributed by atoms with Crippen molar-refractivity contribution in [2.24, 2.45) is 0 Å². The van der Waals surface area contributed by atoms with E-state index >= 15 is 0 Å². The van der Waals surface area contributed by atoms with E-state index in [2.05, 4.69) is 36.7 Å². The highest BCUT2D eigenvalue weighted by Crippen LogP contribution is 2.38. The fourth-order valence-corrected chi connectivity index (χ4v) is 4.12. The number of hydrogen-bond acceptors (Lipinski definition) is 2. The third-order valence-electron chi connectivity index (χ3n) is 3.93. The predicted molar refractivity (Wildman–Crippen MR) is 76.1 cm³/mol. The molecule has 1 nitrogen and oxygen atoms in total. The minimum atomic E-state index is 0.769. The molecular formula is C15H19NS. The van der Waals surface area contributed by atoms with E-state index in [9.17, 15) is 0 Å². The molecule has 1 saturated heterocycles. The summed E-state index contributed by atoms with van der Waals surface area (Å²) in [5.41, 5.74) is 4.48. The maximum Gasteiger partial charge on any atom is 0.0377 e. The number of rotatable bonds is 1. The molecule has 2 aromatic rings. The molecule has 17 heavy (non-hydrogen) atoms. The molecule has 0 bridgehead atoms. The lowest BCUT2D eigenvalue weighted by molar-refractivity contribution is 0.463. The van der Waals surface area contributed by atoms with Gasteiger partial charge >= 0.3 is 0 Å². The first-order chi connectivity index (χ1) is 8.27. The third-order valence-corrected chi connectivity index (χ3v) is 5.07. The Bertz CT molecular complexity index is 535. The minimum absolute atomic E-state index is 0.769. The molecule has 0 amide bonds. The number of piperidine rings is 1. The number of fused-ring (bicyclic) bond motifs is 1. The lowest BCUT2D eigenvalue weighted by atomic mass is 9.88. The molecule has 1 aliphatic heterocycles. The second kappa shape index (κ2) is 4.43. The Labute approximate surface area is 107 Å². The molecule has 0 radical (unpaired) electrons. The average Bonchev–Trinajstić information content (AvgIpc) is 2.81. The second-order valence-corrected chi connectivity index (χ2v) is 6.00. The second-order valence-electron chi connectivity index (χ2n) is 5.12. The molecule has 0 atom stereocenters. The van der Waals surface area contributed by atoms with Gasteiger partial charge in [-0.1, -0.05) is 12.1 Å². The van der Waals surface area contributed by atoms with Gasteiger partial charge < -0.3 is 5.32 Å². The molecule has 0 aliphatic carbocycles. The number of nitrogens with one attached hydrogen (secondary N) is 1. The van der Waals surface area contributed by atoms with Crippen molar-refractivity contribution in [2.75, 3.05) is 13.1 Å². The van der Waals surface area contributed by atoms with Gasteiger partial charge in [0.05, 0.1) is 0 Å². The monoisotopic (exact) mass is 245 g/mol. The van der Waals surface area contributed by atoms with E-state index in [0.29, 0.717) is 0 Å². The van der Waals surface area contributed by atoms with Crippen molar-refractivity contribution in [3.05, 3.63) is 34.2 Å². The highest BCUT2D eigenvalue weighted by molar-refractivity contribution is 7.17. The highest BCUT2D eigenvalue weighted by Gasteiger charge is 2.19. The molecule has 2 heterocycles. The van der Waals surface area contributed by atoms with Gasteiger partial charge in [-0.3, -0.25) is 0 Å². The molecule has 0 spiro atoms. The van der Waals surface area contributed by atoms with Gasteiger partial charge in [0.2, 0.25) is 0 Å². The van der Waals surface area contributed by atoms with Gasteiger partial charge in [-0.25, -0.2) is 0 Å². The molecule has 3 rings (SSSR count). The zero-order valence-electron chi connectivity index (χ0n) is 10.5. The van der Waals surface area contributed by atoms with E-state index in [1.807, 2.05) is 11.3 Å². The topological polar surface area (TPSA) is 12.0 Å². The van der Waals surface area contributed by atoms with E-state index < -0.39 is 0 Å². The average molecular weight is 245 g/mol. The Kier molecular flexibility index (Phi) is 2.93. The molecule has 90 valence electrons. The summed E-state index contributed by atoms with van der Waals surface area (Å²) in [5, 5.41) is 7.40. The van der Waals surface area contributed by atoms with Crippen molar-refractivity contribution in [3.63, 3.8) is 0 Å². The van der Waals surface area contributed by atoms with Gasteiger partial charge in [0, 0.05) is 4.70 Å². The van der Waals surface area contributed by atoms with Crippen molar-refractivity contribution in [2.45, 2.75) is 32.6 Å². The molecule has 1 aliphatic rings. The molecule has 1 N–H and O–H groups in total. The van der Waals surface area contributed by atoms with Crippen LogP contribution in [0, 0.1) is 13.8 Å². The predicted octanol–water partition coefficient (Wildman–Crippen LogP) is 3.99. The Morgan fingerprint density at radius 2 is 1.82 bits per heavy atom. The molecule has 0 unspecified atom stereocenters. The largest absolute Gasteiger partial charge is 0.317 e. The van der Waals surface area contributed by atoms with E-state index in [1.54, 1.807) is 10.9 Å². The highest BCUT2D eigenvalue weighted by atomic mass is 32.1. The van der Waals surface area contributed by atoms with Crippen LogP contribution in [0.4, 0.5) is 0 Å². The summed E-state index contributed by atoms with van der Waals surface area (Å²) in [5.74, 6) is 0.769. The lowest BCUT2D eigenvalue weighted by Crippen LogP contribution is -2.26. The van der Waals surface area contributed by atoms with Crippen LogP contribution in [0.2, 0.25) is 0 Å².